The number of nitrogens with zero attached hydrogens (tertiary/aromatic N) is 3. The number of hydrogen-bond donors (Lipinski definition) is 2. The fraction of sp³-hybridized carbons (Fsp3) is 0.150. The third-order valence-electron chi connectivity index (χ3n) is 4.32. The number of fused-ring (bicyclic) bond motifs is 1. The second-order valence-electron chi connectivity index (χ2n) is 6.35. The Morgan fingerprint density at radius 1 is 1.19 bits per heavy atom. The Hall–Kier alpha value is -3.41. The van der Waals surface area contributed by atoms with Crippen molar-refractivity contribution in [3.05, 3.63) is 77.6 Å². The molecular formula is C20H19N5O. The molecule has 130 valence electrons. The van der Waals surface area contributed by atoms with Crippen LogP contribution in [0.2, 0.25) is 0 Å². The molecule has 1 unspecified atom stereocenters. The third kappa shape index (κ3) is 3.09. The second kappa shape index (κ2) is 6.48. The van der Waals surface area contributed by atoms with Crippen LogP contribution in [0.3, 0.4) is 0 Å². The molecule has 1 aromatic heterocycles. The Morgan fingerprint density at radius 3 is 2.77 bits per heavy atom. The molecule has 1 aliphatic rings. The predicted molar refractivity (Wildman–Crippen MR) is 102 cm³/mol. The van der Waals surface area contributed by atoms with Crippen molar-refractivity contribution in [1.82, 2.24) is 14.8 Å². The van der Waals surface area contributed by atoms with Gasteiger partial charge < -0.3 is 10.6 Å². The third-order valence-corrected chi connectivity index (χ3v) is 4.32. The monoisotopic (exact) mass is 345 g/mol. The Labute approximate surface area is 151 Å². The Kier molecular flexibility index (Phi) is 4.01. The van der Waals surface area contributed by atoms with Crippen molar-refractivity contribution in [3.63, 3.8) is 0 Å². The number of nitrogens with one attached hydrogen (secondary N) is 2. The molecule has 0 bridgehead atoms. The normalized spacial score (nSPS) is 15.6. The zero-order valence-electron chi connectivity index (χ0n) is 14.6. The molecule has 6 heteroatoms. The van der Waals surface area contributed by atoms with Crippen LogP contribution in [-0.4, -0.2) is 20.7 Å². The summed E-state index contributed by atoms with van der Waals surface area (Å²) in [5, 5.41) is 10.5. The van der Waals surface area contributed by atoms with Gasteiger partial charge in [-0.15, -0.1) is 0 Å². The molecule has 0 aliphatic carbocycles. The van der Waals surface area contributed by atoms with Crippen LogP contribution in [0.4, 0.5) is 11.6 Å². The molecule has 1 amide bonds. The number of carbonyl (C=O) groups excluding carboxylic acids is 1. The van der Waals surface area contributed by atoms with Crippen LogP contribution in [0.15, 0.2) is 60.9 Å². The van der Waals surface area contributed by atoms with Crippen molar-refractivity contribution in [2.45, 2.75) is 19.9 Å². The minimum Gasteiger partial charge on any atom is -0.326 e. The number of hydrogen-bond acceptors (Lipinski definition) is 4. The number of carbonyl (C=O) groups is 1. The number of rotatable bonds is 3. The maximum Gasteiger partial charge on any atom is 0.226 e. The smallest absolute Gasteiger partial charge is 0.226 e. The number of aromatic nitrogens is 3. The number of amides is 1. The van der Waals surface area contributed by atoms with Crippen molar-refractivity contribution in [2.75, 3.05) is 10.6 Å². The Morgan fingerprint density at radius 2 is 2.00 bits per heavy atom. The summed E-state index contributed by atoms with van der Waals surface area (Å²) in [5.74, 6) is 0.600. The minimum absolute atomic E-state index is 0.0474. The van der Waals surface area contributed by atoms with E-state index in [1.54, 1.807) is 6.33 Å². The molecule has 3 aromatic rings. The highest BCUT2D eigenvalue weighted by Crippen LogP contribution is 2.32. The van der Waals surface area contributed by atoms with Crippen LogP contribution in [0.5, 0.6) is 0 Å². The zero-order chi connectivity index (χ0) is 18.1. The van der Waals surface area contributed by atoms with Crippen molar-refractivity contribution in [1.29, 1.82) is 0 Å². The fourth-order valence-corrected chi connectivity index (χ4v) is 3.07. The molecule has 4 rings (SSSR count). The first-order valence-electron chi connectivity index (χ1n) is 8.43. The van der Waals surface area contributed by atoms with Gasteiger partial charge in [0, 0.05) is 18.3 Å². The van der Waals surface area contributed by atoms with Crippen LogP contribution in [-0.2, 0) is 4.79 Å². The van der Waals surface area contributed by atoms with Gasteiger partial charge in [0.15, 0.2) is 0 Å². The molecule has 0 radical (unpaired) electrons. The highest BCUT2D eigenvalue weighted by atomic mass is 16.1. The van der Waals surface area contributed by atoms with E-state index in [4.69, 9.17) is 0 Å². The summed E-state index contributed by atoms with van der Waals surface area (Å²) in [5.41, 5.74) is 5.02. The second-order valence-corrected chi connectivity index (χ2v) is 6.35. The average molecular weight is 345 g/mol. The van der Waals surface area contributed by atoms with Gasteiger partial charge in [0.2, 0.25) is 11.9 Å². The highest BCUT2D eigenvalue weighted by Gasteiger charge is 2.23. The summed E-state index contributed by atoms with van der Waals surface area (Å²) in [6.45, 7) is 3.57. The lowest BCUT2D eigenvalue weighted by Crippen LogP contribution is -2.20. The van der Waals surface area contributed by atoms with E-state index < -0.39 is 0 Å². The fourth-order valence-electron chi connectivity index (χ4n) is 3.07. The first-order valence-corrected chi connectivity index (χ1v) is 8.43. The number of allylic oxidation sites excluding steroid dienone is 1. The SMILES string of the molecule is CC(=O)Nc1cccc(C2=CC(c3ccc(C)cc3)n3ncnc3N2)c1. The molecule has 0 saturated heterocycles. The van der Waals surface area contributed by atoms with Gasteiger partial charge in [-0.05, 0) is 36.3 Å². The molecule has 0 saturated carbocycles. The number of aryl methyl sites for hydroxylation is 1. The van der Waals surface area contributed by atoms with E-state index in [1.165, 1.54) is 12.5 Å². The first kappa shape index (κ1) is 16.1. The van der Waals surface area contributed by atoms with Gasteiger partial charge in [0.25, 0.3) is 0 Å². The maximum atomic E-state index is 11.3. The summed E-state index contributed by atoms with van der Waals surface area (Å²) in [4.78, 5) is 15.7. The molecule has 1 aliphatic heterocycles. The quantitative estimate of drug-likeness (QED) is 0.761. The molecule has 2 heterocycles. The van der Waals surface area contributed by atoms with E-state index in [9.17, 15) is 4.79 Å². The molecule has 0 fully saturated rings. The van der Waals surface area contributed by atoms with Crippen LogP contribution in [0.25, 0.3) is 5.70 Å². The van der Waals surface area contributed by atoms with E-state index in [1.807, 2.05) is 28.9 Å². The first-order chi connectivity index (χ1) is 12.6. The zero-order valence-corrected chi connectivity index (χ0v) is 14.6. The largest absolute Gasteiger partial charge is 0.326 e. The number of benzene rings is 2. The van der Waals surface area contributed by atoms with E-state index >= 15 is 0 Å². The maximum absolute atomic E-state index is 11.3. The Balaban J connectivity index is 1.75. The molecule has 2 N–H and O–H groups in total. The molecule has 2 aromatic carbocycles. The lowest BCUT2D eigenvalue weighted by atomic mass is 10.0. The molecular weight excluding hydrogens is 326 g/mol. The summed E-state index contributed by atoms with van der Waals surface area (Å²) < 4.78 is 1.87. The highest BCUT2D eigenvalue weighted by molar-refractivity contribution is 5.89. The van der Waals surface area contributed by atoms with Crippen molar-refractivity contribution in [3.8, 4) is 0 Å². The van der Waals surface area contributed by atoms with Gasteiger partial charge in [-0.1, -0.05) is 42.0 Å². The van der Waals surface area contributed by atoms with E-state index in [0.717, 1.165) is 22.5 Å². The number of anilines is 2. The van der Waals surface area contributed by atoms with Crippen molar-refractivity contribution >= 4 is 23.2 Å². The van der Waals surface area contributed by atoms with E-state index in [2.05, 4.69) is 58.0 Å². The van der Waals surface area contributed by atoms with Crippen molar-refractivity contribution < 1.29 is 4.79 Å². The predicted octanol–water partition coefficient (Wildman–Crippen LogP) is 3.60. The van der Waals surface area contributed by atoms with Crippen LogP contribution in [0.1, 0.15) is 29.7 Å². The summed E-state index contributed by atoms with van der Waals surface area (Å²) >= 11 is 0. The molecule has 1 atom stereocenters. The van der Waals surface area contributed by atoms with Gasteiger partial charge in [-0.25, -0.2) is 4.68 Å². The Bertz CT molecular complexity index is 987. The molecule has 26 heavy (non-hydrogen) atoms. The van der Waals surface area contributed by atoms with E-state index in [0.29, 0.717) is 5.95 Å². The minimum atomic E-state index is -0.0926. The molecule has 0 spiro atoms. The van der Waals surface area contributed by atoms with Gasteiger partial charge in [-0.3, -0.25) is 4.79 Å². The van der Waals surface area contributed by atoms with Crippen molar-refractivity contribution in [2.24, 2.45) is 0 Å². The van der Waals surface area contributed by atoms with Gasteiger partial charge in [0.1, 0.15) is 12.4 Å². The van der Waals surface area contributed by atoms with Crippen LogP contribution < -0.4 is 10.6 Å². The summed E-state index contributed by atoms with van der Waals surface area (Å²) in [6, 6.07) is 16.1. The van der Waals surface area contributed by atoms with Gasteiger partial charge in [0.05, 0.1) is 0 Å². The van der Waals surface area contributed by atoms with Gasteiger partial charge >= 0.3 is 0 Å². The average Bonchev–Trinajstić information content (AvgIpc) is 3.10. The topological polar surface area (TPSA) is 71.8 Å². The summed E-state index contributed by atoms with van der Waals surface area (Å²) in [6.07, 6.45) is 3.67. The van der Waals surface area contributed by atoms with E-state index in [-0.39, 0.29) is 11.9 Å². The van der Waals surface area contributed by atoms with Crippen LogP contribution >= 0.6 is 0 Å². The summed E-state index contributed by atoms with van der Waals surface area (Å²) in [7, 11) is 0. The lowest BCUT2D eigenvalue weighted by molar-refractivity contribution is -0.114. The standard InChI is InChI=1S/C20H19N5O/c1-13-6-8-15(9-7-13)19-11-18(24-20-21-12-22-25(19)20)16-4-3-5-17(10-16)23-14(2)26/h3-12,19H,1-2H3,(H,23,26)(H,21,22,24). The lowest BCUT2D eigenvalue weighted by Gasteiger charge is -2.24. The molecule has 6 nitrogen and oxygen atoms in total. The van der Waals surface area contributed by atoms with Crippen LogP contribution in [0, 0.1) is 6.92 Å². The van der Waals surface area contributed by atoms with Gasteiger partial charge in [-0.2, -0.15) is 10.1 Å².